The van der Waals surface area contributed by atoms with Gasteiger partial charge in [0, 0.05) is 66.1 Å². The lowest BCUT2D eigenvalue weighted by molar-refractivity contribution is 0.596. The van der Waals surface area contributed by atoms with Crippen LogP contribution in [0.3, 0.4) is 0 Å². The van der Waals surface area contributed by atoms with E-state index in [4.69, 9.17) is 15.0 Å². The molecule has 0 spiro atoms. The van der Waals surface area contributed by atoms with Gasteiger partial charge >= 0.3 is 0 Å². The van der Waals surface area contributed by atoms with Crippen LogP contribution < -0.4 is 0 Å². The summed E-state index contributed by atoms with van der Waals surface area (Å²) in [6.45, 7) is 0. The van der Waals surface area contributed by atoms with Crippen LogP contribution in [0.25, 0.3) is 117 Å². The minimum absolute atomic E-state index is 0.127. The van der Waals surface area contributed by atoms with Crippen molar-refractivity contribution in [3.05, 3.63) is 242 Å². The normalized spacial score (nSPS) is 11.9. The van der Waals surface area contributed by atoms with Gasteiger partial charge in [0.2, 0.25) is 9.84 Å². The molecule has 0 radical (unpaired) electrons. The Bertz CT molecular complexity index is 4640. The Morgan fingerprint density at radius 1 is 0.338 bits per heavy atom. The molecule has 0 saturated carbocycles. The number of aromatic nitrogens is 6. The fourth-order valence-electron chi connectivity index (χ4n) is 10.8. The van der Waals surface area contributed by atoms with Crippen molar-refractivity contribution < 1.29 is 8.42 Å². The molecule has 9 nitrogen and oxygen atoms in total. The van der Waals surface area contributed by atoms with Crippen LogP contribution in [-0.4, -0.2) is 37.1 Å². The molecule has 0 fully saturated rings. The molecule has 14 aromatic rings. The average molecular weight is 970 g/mol. The molecule has 0 bridgehead atoms. The number of hydrogen-bond donors (Lipinski definition) is 0. The zero-order valence-corrected chi connectivity index (χ0v) is 40.2. The Kier molecular flexibility index (Phi) is 9.76. The summed E-state index contributed by atoms with van der Waals surface area (Å²) in [4.78, 5) is 15.3. The van der Waals surface area contributed by atoms with Gasteiger partial charge in [0.15, 0.2) is 17.5 Å². The summed E-state index contributed by atoms with van der Waals surface area (Å²) < 4.78 is 35.2. The van der Waals surface area contributed by atoms with Crippen molar-refractivity contribution in [1.29, 1.82) is 5.26 Å². The molecule has 0 aliphatic rings. The molecule has 0 atom stereocenters. The second-order valence-electron chi connectivity index (χ2n) is 18.3. The van der Waals surface area contributed by atoms with Crippen molar-refractivity contribution in [2.24, 2.45) is 0 Å². The lowest BCUT2D eigenvalue weighted by Gasteiger charge is -2.14. The van der Waals surface area contributed by atoms with Crippen molar-refractivity contribution >= 4 is 75.3 Å². The lowest BCUT2D eigenvalue weighted by Crippen LogP contribution is -2.03. The molecule has 348 valence electrons. The summed E-state index contributed by atoms with van der Waals surface area (Å²) >= 11 is 0. The van der Waals surface area contributed by atoms with E-state index in [0.29, 0.717) is 23.0 Å². The first-order valence-corrected chi connectivity index (χ1v) is 25.7. The van der Waals surface area contributed by atoms with Crippen molar-refractivity contribution in [3.63, 3.8) is 0 Å². The Morgan fingerprint density at radius 3 is 1.04 bits per heavy atom. The van der Waals surface area contributed by atoms with Crippen LogP contribution >= 0.6 is 0 Å². The molecule has 0 saturated heterocycles. The number of fused-ring (bicyclic) bond motifs is 12. The predicted octanol–water partition coefficient (Wildman–Crippen LogP) is 14.9. The van der Waals surface area contributed by atoms with Gasteiger partial charge in [-0.3, -0.25) is 0 Å². The summed E-state index contributed by atoms with van der Waals surface area (Å²) in [7, 11) is -3.89. The number of hydrogen-bond acceptors (Lipinski definition) is 6. The fourth-order valence-corrected chi connectivity index (χ4v) is 12.1. The molecule has 0 amide bonds. The van der Waals surface area contributed by atoms with Crippen LogP contribution in [0.1, 0.15) is 5.56 Å². The number of sulfone groups is 1. The maximum Gasteiger partial charge on any atom is 0.206 e. The highest BCUT2D eigenvalue weighted by Crippen LogP contribution is 2.50. The average Bonchev–Trinajstić information content (AvgIpc) is 4.29. The molecule has 10 aromatic carbocycles. The van der Waals surface area contributed by atoms with Gasteiger partial charge in [0.05, 0.1) is 54.5 Å². The number of rotatable bonds is 8. The van der Waals surface area contributed by atoms with Gasteiger partial charge in [-0.15, -0.1) is 0 Å². The Labute approximate surface area is 424 Å². The highest BCUT2D eigenvalue weighted by Gasteiger charge is 2.29. The van der Waals surface area contributed by atoms with Gasteiger partial charge in [0.1, 0.15) is 0 Å². The molecule has 4 heterocycles. The van der Waals surface area contributed by atoms with Gasteiger partial charge < -0.3 is 13.7 Å². The fraction of sp³-hybridized carbons (Fsp3) is 0. The zero-order valence-electron chi connectivity index (χ0n) is 39.4. The first-order chi connectivity index (χ1) is 36.4. The quantitative estimate of drug-likeness (QED) is 0.150. The lowest BCUT2D eigenvalue weighted by atomic mass is 10.0. The summed E-state index contributed by atoms with van der Waals surface area (Å²) in [6, 6.07) is 80.1. The third-order valence-electron chi connectivity index (χ3n) is 14.1. The largest absolute Gasteiger partial charge is 0.308 e. The number of nitriles is 1. The molecule has 14 rings (SSSR count). The molecular weight excluding hydrogens is 931 g/mol. The highest BCUT2D eigenvalue weighted by atomic mass is 32.2. The number of para-hydroxylation sites is 4. The molecule has 0 aliphatic carbocycles. The first kappa shape index (κ1) is 42.9. The van der Waals surface area contributed by atoms with E-state index in [1.165, 1.54) is 24.3 Å². The van der Waals surface area contributed by atoms with E-state index in [0.717, 1.165) is 99.2 Å². The van der Waals surface area contributed by atoms with Gasteiger partial charge in [-0.1, -0.05) is 133 Å². The van der Waals surface area contributed by atoms with E-state index in [-0.39, 0.29) is 9.79 Å². The third-order valence-corrected chi connectivity index (χ3v) is 15.9. The minimum Gasteiger partial charge on any atom is -0.308 e. The molecule has 0 aliphatic heterocycles. The van der Waals surface area contributed by atoms with Crippen LogP contribution in [0.4, 0.5) is 0 Å². The Hall–Kier alpha value is -9.95. The molecule has 74 heavy (non-hydrogen) atoms. The monoisotopic (exact) mass is 969 g/mol. The Balaban J connectivity index is 1.07. The van der Waals surface area contributed by atoms with E-state index in [9.17, 15) is 13.7 Å². The Morgan fingerprint density at radius 2 is 0.649 bits per heavy atom. The van der Waals surface area contributed by atoms with E-state index in [1.54, 1.807) is 12.1 Å². The van der Waals surface area contributed by atoms with Gasteiger partial charge in [-0.2, -0.15) is 5.26 Å². The maximum atomic E-state index is 14.1. The van der Waals surface area contributed by atoms with Crippen LogP contribution in [0.15, 0.2) is 246 Å². The van der Waals surface area contributed by atoms with E-state index < -0.39 is 9.84 Å². The van der Waals surface area contributed by atoms with Crippen molar-refractivity contribution in [3.8, 4) is 57.3 Å². The summed E-state index contributed by atoms with van der Waals surface area (Å²) in [5.74, 6) is 1.77. The molecular formula is C64H39N7O2S. The SMILES string of the molecule is N#Cc1ccc(S(=O)(=O)c2ccc(-n3c4ccccc4c4c5c(c6ccccc6n5-c5ccccc5)c5c(c6ccccc6n5-c5ccc(-c6nc(-c7ccccc7)nc(-c7ccccc7)n6)cc5)c43)cc2)cc1. The third kappa shape index (κ3) is 6.61. The topological polar surface area (TPSA) is 111 Å². The van der Waals surface area contributed by atoms with Crippen molar-refractivity contribution in [2.75, 3.05) is 0 Å². The summed E-state index contributed by atoms with van der Waals surface area (Å²) in [5.41, 5.74) is 12.0. The standard InChI is InChI=1S/C64H39N7O2S/c65-40-41-28-36-48(37-29-41)74(72,73)49-38-34-47(35-39-49)71-55-27-15-12-24-52(55)57-59-56(50-22-10-13-25-53(50)69(59)45-20-8-3-9-21-45)60-58(61(57)71)51-23-11-14-26-54(51)70(60)46-32-30-44(31-33-46)64-67-62(42-16-4-1-5-17-42)66-63(68-64)43-18-6-2-7-19-43/h1-39H. The van der Waals surface area contributed by atoms with Crippen molar-refractivity contribution in [2.45, 2.75) is 9.79 Å². The number of nitrogens with zero attached hydrogens (tertiary/aromatic N) is 7. The second-order valence-corrected chi connectivity index (χ2v) is 20.2. The van der Waals surface area contributed by atoms with Crippen LogP contribution in [0, 0.1) is 11.3 Å². The van der Waals surface area contributed by atoms with Crippen LogP contribution in [0.5, 0.6) is 0 Å². The van der Waals surface area contributed by atoms with Crippen LogP contribution in [0.2, 0.25) is 0 Å². The van der Waals surface area contributed by atoms with Crippen molar-refractivity contribution in [1.82, 2.24) is 28.7 Å². The number of benzene rings is 10. The van der Waals surface area contributed by atoms with Gasteiger partial charge in [0.25, 0.3) is 0 Å². The van der Waals surface area contributed by atoms with Gasteiger partial charge in [-0.25, -0.2) is 23.4 Å². The highest BCUT2D eigenvalue weighted by molar-refractivity contribution is 7.91. The first-order valence-electron chi connectivity index (χ1n) is 24.2. The van der Waals surface area contributed by atoms with E-state index in [2.05, 4.69) is 141 Å². The molecule has 0 unspecified atom stereocenters. The predicted molar refractivity (Wildman–Crippen MR) is 296 cm³/mol. The van der Waals surface area contributed by atoms with E-state index >= 15 is 0 Å². The molecule has 4 aromatic heterocycles. The minimum atomic E-state index is -3.89. The molecule has 0 N–H and O–H groups in total. The zero-order chi connectivity index (χ0) is 49.5. The van der Waals surface area contributed by atoms with Gasteiger partial charge in [-0.05, 0) is 103 Å². The summed E-state index contributed by atoms with van der Waals surface area (Å²) in [6.07, 6.45) is 0. The smallest absolute Gasteiger partial charge is 0.206 e. The maximum absolute atomic E-state index is 14.1. The van der Waals surface area contributed by atoms with E-state index in [1.807, 2.05) is 78.9 Å². The second kappa shape index (κ2) is 16.8. The molecule has 10 heteroatoms. The van der Waals surface area contributed by atoms with Crippen LogP contribution in [-0.2, 0) is 9.84 Å². The summed E-state index contributed by atoms with van der Waals surface area (Å²) in [5, 5.41) is 15.9.